The summed E-state index contributed by atoms with van der Waals surface area (Å²) in [7, 11) is -1.63. The van der Waals surface area contributed by atoms with Gasteiger partial charge in [-0.3, -0.25) is 4.63 Å². The number of hydrogen-bond acceptors (Lipinski definition) is 2. The molecule has 0 aromatic heterocycles. The third-order valence-electron chi connectivity index (χ3n) is 2.53. The molecule has 0 aromatic carbocycles. The number of rotatable bonds is 9. The molecule has 1 atom stereocenters. The summed E-state index contributed by atoms with van der Waals surface area (Å²) >= 11 is 0. The maximum Gasteiger partial charge on any atom is 0.221 e. The van der Waals surface area contributed by atoms with E-state index < -0.39 is 10.0 Å². The monoisotopic (exact) mass is 232 g/mol. The van der Waals surface area contributed by atoms with E-state index in [1.165, 1.54) is 26.7 Å². The molecule has 0 rings (SSSR count). The van der Waals surface area contributed by atoms with Crippen molar-refractivity contribution in [2.45, 2.75) is 64.4 Å². The molecule has 0 saturated carbocycles. The molecule has 0 aliphatic heterocycles. The Morgan fingerprint density at radius 2 is 1.80 bits per heavy atom. The van der Waals surface area contributed by atoms with Gasteiger partial charge in [0, 0.05) is 0 Å². The van der Waals surface area contributed by atoms with Crippen molar-refractivity contribution in [3.63, 3.8) is 0 Å². The summed E-state index contributed by atoms with van der Waals surface area (Å²) in [5.74, 6) is 0. The fourth-order valence-corrected chi connectivity index (χ4v) is 2.51. The minimum atomic E-state index is -3.11. The van der Waals surface area contributed by atoms with Crippen LogP contribution in [0.1, 0.15) is 52.4 Å². The van der Waals surface area contributed by atoms with E-state index in [1.54, 1.807) is 13.7 Å². The average Bonchev–Trinajstić information content (AvgIpc) is 2.17. The number of nitrogens with one attached hydrogen (secondary N) is 1. The predicted octanol–water partition coefficient (Wildman–Crippen LogP) is 2.32. The van der Waals surface area contributed by atoms with Gasteiger partial charge in [0.25, 0.3) is 0 Å². The summed E-state index contributed by atoms with van der Waals surface area (Å²) in [6, 6.07) is 0. The van der Waals surface area contributed by atoms with Gasteiger partial charge in [0.1, 0.15) is 0 Å². The van der Waals surface area contributed by atoms with Crippen molar-refractivity contribution in [1.29, 1.82) is 0 Å². The second-order valence-corrected chi connectivity index (χ2v) is 6.10. The fourth-order valence-electron chi connectivity index (χ4n) is 1.47. The van der Waals surface area contributed by atoms with Crippen molar-refractivity contribution in [3.8, 4) is 0 Å². The van der Waals surface area contributed by atoms with Gasteiger partial charge < -0.3 is 0 Å². The van der Waals surface area contributed by atoms with Gasteiger partial charge in [-0.25, -0.2) is 8.42 Å². The molecule has 0 amide bonds. The molecule has 0 aliphatic carbocycles. The first-order valence-electron chi connectivity index (χ1n) is 5.83. The van der Waals surface area contributed by atoms with Crippen molar-refractivity contribution in [3.05, 3.63) is 0 Å². The summed E-state index contributed by atoms with van der Waals surface area (Å²) < 4.78 is 25.4. The number of unbranched alkanes of at least 4 members (excludes halogenated alkanes) is 4. The molecule has 1 radical (unpaired) electrons. The van der Waals surface area contributed by atoms with E-state index in [9.17, 15) is 8.42 Å². The van der Waals surface area contributed by atoms with Crippen molar-refractivity contribution >= 4 is 17.4 Å². The second-order valence-electron chi connectivity index (χ2n) is 3.97. The molecular weight excluding hydrogens is 209 g/mol. The SMILES string of the molecule is C[B]NS(=O)(=O)C(C)CCCCCCC. The van der Waals surface area contributed by atoms with E-state index in [0.29, 0.717) is 0 Å². The van der Waals surface area contributed by atoms with E-state index in [-0.39, 0.29) is 5.25 Å². The lowest BCUT2D eigenvalue weighted by molar-refractivity contribution is 0.557. The lowest BCUT2D eigenvalue weighted by Gasteiger charge is -2.12. The predicted molar refractivity (Wildman–Crippen MR) is 66.5 cm³/mol. The maximum atomic E-state index is 11.5. The van der Waals surface area contributed by atoms with Gasteiger partial charge in [-0.1, -0.05) is 45.9 Å². The Morgan fingerprint density at radius 3 is 2.33 bits per heavy atom. The Kier molecular flexibility index (Phi) is 8.15. The molecule has 0 aliphatic rings. The highest BCUT2D eigenvalue weighted by atomic mass is 32.2. The zero-order chi connectivity index (χ0) is 11.7. The number of sulfonamides is 1. The standard InChI is InChI=1S/C10H23BNO2S/c1-4-5-6-7-8-9-10(2)15(13,14)12-11-3/h10,12H,4-9H2,1-3H3. The molecule has 15 heavy (non-hydrogen) atoms. The topological polar surface area (TPSA) is 46.2 Å². The Bertz CT molecular complexity index is 242. The first-order chi connectivity index (χ1) is 7.04. The summed E-state index contributed by atoms with van der Waals surface area (Å²) in [5.41, 5.74) is 0. The summed E-state index contributed by atoms with van der Waals surface area (Å²) in [6.07, 6.45) is 6.60. The Balaban J connectivity index is 3.69. The summed E-state index contributed by atoms with van der Waals surface area (Å²) in [6.45, 7) is 5.63. The average molecular weight is 232 g/mol. The van der Waals surface area contributed by atoms with Crippen LogP contribution >= 0.6 is 0 Å². The van der Waals surface area contributed by atoms with E-state index in [0.717, 1.165) is 19.3 Å². The van der Waals surface area contributed by atoms with Gasteiger partial charge in [0.15, 0.2) is 0 Å². The minimum absolute atomic E-state index is 0.282. The second kappa shape index (κ2) is 8.16. The third-order valence-corrected chi connectivity index (χ3v) is 4.39. The highest BCUT2D eigenvalue weighted by molar-refractivity contribution is 7.91. The van der Waals surface area contributed by atoms with Gasteiger partial charge in [-0.2, -0.15) is 0 Å². The lowest BCUT2D eigenvalue weighted by Crippen LogP contribution is -2.33. The molecule has 0 saturated heterocycles. The normalized spacial score (nSPS) is 13.8. The highest BCUT2D eigenvalue weighted by Crippen LogP contribution is 2.11. The van der Waals surface area contributed by atoms with Crippen LogP contribution < -0.4 is 4.63 Å². The Labute approximate surface area is 95.3 Å². The first kappa shape index (κ1) is 15.0. The molecule has 1 N–H and O–H groups in total. The van der Waals surface area contributed by atoms with Crippen molar-refractivity contribution in [2.75, 3.05) is 0 Å². The molecule has 0 spiro atoms. The van der Waals surface area contributed by atoms with Crippen LogP contribution in [-0.4, -0.2) is 21.1 Å². The molecule has 0 heterocycles. The fraction of sp³-hybridized carbons (Fsp3) is 1.00. The van der Waals surface area contributed by atoms with E-state index >= 15 is 0 Å². The largest absolute Gasteiger partial charge is 0.261 e. The van der Waals surface area contributed by atoms with Crippen LogP contribution in [0.2, 0.25) is 6.82 Å². The van der Waals surface area contributed by atoms with Crippen LogP contribution in [0.5, 0.6) is 0 Å². The zero-order valence-corrected chi connectivity index (χ0v) is 10.9. The number of hydrogen-bond donors (Lipinski definition) is 1. The summed E-state index contributed by atoms with van der Waals surface area (Å²) in [5, 5.41) is -0.282. The van der Waals surface area contributed by atoms with Crippen molar-refractivity contribution in [2.24, 2.45) is 0 Å². The molecule has 89 valence electrons. The van der Waals surface area contributed by atoms with Crippen molar-refractivity contribution in [1.82, 2.24) is 4.63 Å². The van der Waals surface area contributed by atoms with Crippen LogP contribution in [0.3, 0.4) is 0 Å². The highest BCUT2D eigenvalue weighted by Gasteiger charge is 2.18. The molecule has 0 aromatic rings. The van der Waals surface area contributed by atoms with Gasteiger partial charge in [-0.15, -0.1) is 0 Å². The van der Waals surface area contributed by atoms with Crippen LogP contribution in [0.4, 0.5) is 0 Å². The van der Waals surface area contributed by atoms with Gasteiger partial charge in [-0.05, 0) is 13.3 Å². The Hall–Kier alpha value is -0.0251. The Morgan fingerprint density at radius 1 is 1.20 bits per heavy atom. The van der Waals surface area contributed by atoms with Crippen LogP contribution in [0.15, 0.2) is 0 Å². The molecule has 0 bridgehead atoms. The molecule has 3 nitrogen and oxygen atoms in total. The van der Waals surface area contributed by atoms with Crippen LogP contribution in [0.25, 0.3) is 0 Å². The lowest BCUT2D eigenvalue weighted by atomic mass is 10.0. The first-order valence-corrected chi connectivity index (χ1v) is 7.38. The quantitative estimate of drug-likeness (QED) is 0.489. The molecule has 0 fully saturated rings. The van der Waals surface area contributed by atoms with Crippen LogP contribution in [0, 0.1) is 0 Å². The van der Waals surface area contributed by atoms with Gasteiger partial charge in [0.2, 0.25) is 17.4 Å². The zero-order valence-electron chi connectivity index (χ0n) is 10.1. The maximum absolute atomic E-state index is 11.5. The van der Waals surface area contributed by atoms with E-state index in [2.05, 4.69) is 11.6 Å². The summed E-state index contributed by atoms with van der Waals surface area (Å²) in [4.78, 5) is 0. The molecular formula is C10H23BNO2S. The minimum Gasteiger partial charge on any atom is -0.261 e. The van der Waals surface area contributed by atoms with Gasteiger partial charge >= 0.3 is 0 Å². The molecule has 1 unspecified atom stereocenters. The smallest absolute Gasteiger partial charge is 0.221 e. The van der Waals surface area contributed by atoms with E-state index in [1.807, 2.05) is 0 Å². The molecule has 5 heteroatoms. The third kappa shape index (κ3) is 6.95. The van der Waals surface area contributed by atoms with Crippen LogP contribution in [-0.2, 0) is 10.0 Å². The van der Waals surface area contributed by atoms with Crippen molar-refractivity contribution < 1.29 is 8.42 Å². The van der Waals surface area contributed by atoms with E-state index in [4.69, 9.17) is 0 Å². The van der Waals surface area contributed by atoms with Gasteiger partial charge in [0.05, 0.1) is 5.25 Å².